The first kappa shape index (κ1) is 15.5. The Morgan fingerprint density at radius 2 is 2.11 bits per heavy atom. The van der Waals surface area contributed by atoms with Gasteiger partial charge < -0.3 is 5.73 Å². The highest BCUT2D eigenvalue weighted by molar-refractivity contribution is 7.88. The molecule has 1 aromatic carbocycles. The van der Waals surface area contributed by atoms with E-state index in [2.05, 4.69) is 0 Å². The average molecular weight is 281 g/mol. The number of benzene rings is 1. The van der Waals surface area contributed by atoms with Crippen LogP contribution in [0, 0.1) is 11.3 Å². The van der Waals surface area contributed by atoms with Gasteiger partial charge in [0.2, 0.25) is 10.0 Å². The molecule has 0 aromatic heterocycles. The van der Waals surface area contributed by atoms with Crippen LogP contribution >= 0.6 is 0 Å². The topological polar surface area (TPSA) is 87.2 Å². The monoisotopic (exact) mass is 281 g/mol. The molecule has 2 N–H and O–H groups in total. The minimum Gasteiger partial charge on any atom is -0.399 e. The first-order chi connectivity index (χ1) is 8.86. The van der Waals surface area contributed by atoms with E-state index in [4.69, 9.17) is 11.0 Å². The third kappa shape index (κ3) is 4.54. The molecule has 19 heavy (non-hydrogen) atoms. The lowest BCUT2D eigenvalue weighted by Gasteiger charge is -2.25. The molecule has 0 saturated carbocycles. The van der Waals surface area contributed by atoms with Crippen molar-refractivity contribution < 1.29 is 8.42 Å². The van der Waals surface area contributed by atoms with Crippen LogP contribution in [0.2, 0.25) is 0 Å². The van der Waals surface area contributed by atoms with Gasteiger partial charge in [0.1, 0.15) is 0 Å². The predicted octanol–water partition coefficient (Wildman–Crippen LogP) is 1.72. The average Bonchev–Trinajstić information content (AvgIpc) is 2.27. The summed E-state index contributed by atoms with van der Waals surface area (Å²) in [5.41, 5.74) is 6.84. The maximum Gasteiger partial charge on any atom is 0.218 e. The molecular formula is C13H19N3O2S. The zero-order chi connectivity index (χ0) is 14.5. The Morgan fingerprint density at radius 1 is 1.42 bits per heavy atom. The largest absolute Gasteiger partial charge is 0.399 e. The molecule has 104 valence electrons. The van der Waals surface area contributed by atoms with E-state index < -0.39 is 10.0 Å². The van der Waals surface area contributed by atoms with Crippen molar-refractivity contribution in [1.82, 2.24) is 4.31 Å². The van der Waals surface area contributed by atoms with Gasteiger partial charge in [0, 0.05) is 24.7 Å². The molecule has 0 aliphatic rings. The second-order valence-electron chi connectivity index (χ2n) is 4.61. The van der Waals surface area contributed by atoms with Crippen LogP contribution in [-0.2, 0) is 15.8 Å². The second kappa shape index (κ2) is 6.55. The molecular weight excluding hydrogens is 262 g/mol. The fourth-order valence-electron chi connectivity index (χ4n) is 1.86. The van der Waals surface area contributed by atoms with Crippen molar-refractivity contribution in [3.8, 4) is 6.07 Å². The van der Waals surface area contributed by atoms with Gasteiger partial charge >= 0.3 is 0 Å². The molecule has 1 rings (SSSR count). The molecule has 0 amide bonds. The van der Waals surface area contributed by atoms with Crippen LogP contribution in [0.15, 0.2) is 24.3 Å². The van der Waals surface area contributed by atoms with Crippen molar-refractivity contribution in [1.29, 1.82) is 5.26 Å². The smallest absolute Gasteiger partial charge is 0.218 e. The molecule has 0 fully saturated rings. The number of rotatable bonds is 6. The third-order valence-electron chi connectivity index (χ3n) is 2.68. The number of anilines is 1. The van der Waals surface area contributed by atoms with Crippen molar-refractivity contribution in [3.63, 3.8) is 0 Å². The van der Waals surface area contributed by atoms with Crippen LogP contribution in [0.3, 0.4) is 0 Å². The second-order valence-corrected chi connectivity index (χ2v) is 6.54. The zero-order valence-corrected chi connectivity index (χ0v) is 12.0. The van der Waals surface area contributed by atoms with E-state index in [1.54, 1.807) is 38.1 Å². The summed E-state index contributed by atoms with van der Waals surface area (Å²) in [5.74, 6) is -0.0956. The number of nitrogens with zero attached hydrogens (tertiary/aromatic N) is 2. The minimum absolute atomic E-state index is 0.0956. The van der Waals surface area contributed by atoms with Gasteiger partial charge in [0.15, 0.2) is 0 Å². The Bertz CT molecular complexity index is 561. The Morgan fingerprint density at radius 3 is 2.63 bits per heavy atom. The maximum atomic E-state index is 12.3. The highest BCUT2D eigenvalue weighted by Crippen LogP contribution is 2.16. The lowest BCUT2D eigenvalue weighted by molar-refractivity contribution is 0.360. The van der Waals surface area contributed by atoms with Gasteiger partial charge in [0.05, 0.1) is 11.8 Å². The summed E-state index contributed by atoms with van der Waals surface area (Å²) >= 11 is 0. The van der Waals surface area contributed by atoms with Crippen LogP contribution in [-0.4, -0.2) is 25.3 Å². The van der Waals surface area contributed by atoms with Gasteiger partial charge in [-0.2, -0.15) is 9.57 Å². The summed E-state index contributed by atoms with van der Waals surface area (Å²) < 4.78 is 26.0. The maximum absolute atomic E-state index is 12.3. The number of sulfonamides is 1. The summed E-state index contributed by atoms with van der Waals surface area (Å²) in [6.07, 6.45) is 0.189. The number of nitrogens with two attached hydrogens (primary N) is 1. The summed E-state index contributed by atoms with van der Waals surface area (Å²) in [7, 11) is -3.44. The minimum atomic E-state index is -3.44. The van der Waals surface area contributed by atoms with Crippen molar-refractivity contribution in [2.45, 2.75) is 32.1 Å². The molecule has 6 heteroatoms. The van der Waals surface area contributed by atoms with E-state index in [9.17, 15) is 8.42 Å². The summed E-state index contributed by atoms with van der Waals surface area (Å²) in [6, 6.07) is 8.64. The first-order valence-electron chi connectivity index (χ1n) is 6.07. The van der Waals surface area contributed by atoms with Crippen molar-refractivity contribution in [2.75, 3.05) is 12.3 Å². The standard InChI is InChI=1S/C13H19N3O2S/c1-11(2)16(8-4-7-14)19(17,18)10-12-5-3-6-13(15)9-12/h3,5-6,9,11H,4,8,10,15H2,1-2H3. The van der Waals surface area contributed by atoms with Crippen LogP contribution in [0.5, 0.6) is 0 Å². The fourth-order valence-corrected chi connectivity index (χ4v) is 3.63. The summed E-state index contributed by atoms with van der Waals surface area (Å²) in [6.45, 7) is 3.82. The van der Waals surface area contributed by atoms with Crippen molar-refractivity contribution in [3.05, 3.63) is 29.8 Å². The number of nitrogen functional groups attached to an aromatic ring is 1. The molecule has 1 aromatic rings. The lowest BCUT2D eigenvalue weighted by Crippen LogP contribution is -2.38. The molecule has 0 saturated heterocycles. The summed E-state index contributed by atoms with van der Waals surface area (Å²) in [5, 5.41) is 8.60. The van der Waals surface area contributed by atoms with Crippen molar-refractivity contribution in [2.24, 2.45) is 0 Å². The van der Waals surface area contributed by atoms with Gasteiger partial charge in [0.25, 0.3) is 0 Å². The van der Waals surface area contributed by atoms with Gasteiger partial charge in [-0.3, -0.25) is 0 Å². The molecule has 0 radical (unpaired) electrons. The van der Waals surface area contributed by atoms with E-state index >= 15 is 0 Å². The van der Waals surface area contributed by atoms with Crippen molar-refractivity contribution >= 4 is 15.7 Å². The van der Waals surface area contributed by atoms with Gasteiger partial charge in [-0.1, -0.05) is 12.1 Å². The number of hydrogen-bond acceptors (Lipinski definition) is 4. The molecule has 0 atom stereocenters. The Kier molecular flexibility index (Phi) is 5.33. The quantitative estimate of drug-likeness (QED) is 0.804. The summed E-state index contributed by atoms with van der Waals surface area (Å²) in [4.78, 5) is 0. The van der Waals surface area contributed by atoms with Gasteiger partial charge in [-0.15, -0.1) is 0 Å². The van der Waals surface area contributed by atoms with E-state index in [1.165, 1.54) is 4.31 Å². The SMILES string of the molecule is CC(C)N(CCC#N)S(=O)(=O)Cc1cccc(N)c1. The molecule has 0 aliphatic carbocycles. The highest BCUT2D eigenvalue weighted by atomic mass is 32.2. The van der Waals surface area contributed by atoms with E-state index in [0.717, 1.165) is 0 Å². The van der Waals surface area contributed by atoms with E-state index in [-0.39, 0.29) is 24.8 Å². The van der Waals surface area contributed by atoms with E-state index in [0.29, 0.717) is 11.3 Å². The Labute approximate surface area is 114 Å². The Balaban J connectivity index is 2.92. The first-order valence-corrected chi connectivity index (χ1v) is 7.68. The highest BCUT2D eigenvalue weighted by Gasteiger charge is 2.24. The van der Waals surface area contributed by atoms with Gasteiger partial charge in [-0.05, 0) is 31.5 Å². The van der Waals surface area contributed by atoms with Crippen LogP contribution in [0.4, 0.5) is 5.69 Å². The fraction of sp³-hybridized carbons (Fsp3) is 0.462. The van der Waals surface area contributed by atoms with E-state index in [1.807, 2.05) is 6.07 Å². The predicted molar refractivity (Wildman–Crippen MR) is 75.6 cm³/mol. The number of hydrogen-bond donors (Lipinski definition) is 1. The van der Waals surface area contributed by atoms with Gasteiger partial charge in [-0.25, -0.2) is 8.42 Å². The molecule has 0 heterocycles. The number of nitriles is 1. The molecule has 0 aliphatic heterocycles. The third-order valence-corrected chi connectivity index (χ3v) is 4.69. The molecule has 0 spiro atoms. The molecule has 0 unspecified atom stereocenters. The van der Waals surface area contributed by atoms with Crippen LogP contribution in [0.1, 0.15) is 25.8 Å². The molecule has 0 bridgehead atoms. The normalized spacial score (nSPS) is 11.7. The lowest BCUT2D eigenvalue weighted by atomic mass is 10.2. The van der Waals surface area contributed by atoms with Crippen LogP contribution in [0.25, 0.3) is 0 Å². The molecule has 5 nitrogen and oxygen atoms in total. The zero-order valence-electron chi connectivity index (χ0n) is 11.2. The Hall–Kier alpha value is -1.58. The van der Waals surface area contributed by atoms with Crippen LogP contribution < -0.4 is 5.73 Å².